The molecule has 1 aromatic heterocycles. The smallest absolute Gasteiger partial charge is 0.229 e. The first-order valence-electron chi connectivity index (χ1n) is 9.90. The molecule has 4 aromatic rings. The van der Waals surface area contributed by atoms with E-state index in [4.69, 9.17) is 0 Å². The van der Waals surface area contributed by atoms with Crippen molar-refractivity contribution in [2.75, 3.05) is 5.32 Å². The van der Waals surface area contributed by atoms with Crippen LogP contribution in [-0.4, -0.2) is 15.7 Å². The molecule has 0 bridgehead atoms. The summed E-state index contributed by atoms with van der Waals surface area (Å²) in [6, 6.07) is 21.1. The minimum atomic E-state index is -0.523. The highest BCUT2D eigenvalue weighted by molar-refractivity contribution is 5.92. The first-order chi connectivity index (χ1) is 15.0. The van der Waals surface area contributed by atoms with Crippen LogP contribution < -0.4 is 5.32 Å². The Balaban J connectivity index is 1.45. The molecule has 0 fully saturated rings. The molecule has 0 aliphatic rings. The molecular weight excluding hydrogens is 396 g/mol. The molecule has 4 nitrogen and oxygen atoms in total. The van der Waals surface area contributed by atoms with Crippen molar-refractivity contribution in [2.45, 2.75) is 19.9 Å². The van der Waals surface area contributed by atoms with Gasteiger partial charge in [0.05, 0.1) is 19.2 Å². The van der Waals surface area contributed by atoms with Crippen LogP contribution in [0.4, 0.5) is 14.6 Å². The quantitative estimate of drug-likeness (QED) is 0.459. The number of amides is 1. The lowest BCUT2D eigenvalue weighted by atomic mass is 10.0. The fourth-order valence-corrected chi connectivity index (χ4v) is 3.39. The van der Waals surface area contributed by atoms with Crippen molar-refractivity contribution < 1.29 is 13.6 Å². The predicted octanol–water partition coefficient (Wildman–Crippen LogP) is 5.37. The van der Waals surface area contributed by atoms with Crippen molar-refractivity contribution in [3.05, 3.63) is 107 Å². The predicted molar refractivity (Wildman–Crippen MR) is 117 cm³/mol. The van der Waals surface area contributed by atoms with Gasteiger partial charge in [0.15, 0.2) is 0 Å². The lowest BCUT2D eigenvalue weighted by Gasteiger charge is -2.11. The standard InChI is InChI=1S/C25H21F2N3O/c1-17-15-28-30(16-21-14-22(26)11-12-23(21)27)25(17)29-24(31)13-18-7-9-20(10-8-18)19-5-3-2-4-6-19/h2-12,14-15H,13,16H2,1H3,(H,29,31). The van der Waals surface area contributed by atoms with Crippen LogP contribution in [0.1, 0.15) is 16.7 Å². The number of rotatable bonds is 6. The van der Waals surface area contributed by atoms with Crippen molar-refractivity contribution in [3.8, 4) is 11.1 Å². The van der Waals surface area contributed by atoms with Gasteiger partial charge in [0.1, 0.15) is 17.5 Å². The van der Waals surface area contributed by atoms with Crippen LogP contribution in [0.5, 0.6) is 0 Å². The number of hydrogen-bond donors (Lipinski definition) is 1. The van der Waals surface area contributed by atoms with Crippen molar-refractivity contribution >= 4 is 11.7 Å². The molecule has 6 heteroatoms. The second-order valence-electron chi connectivity index (χ2n) is 7.36. The number of halogens is 2. The number of hydrogen-bond acceptors (Lipinski definition) is 2. The molecule has 0 saturated heterocycles. The summed E-state index contributed by atoms with van der Waals surface area (Å²) in [5, 5.41) is 7.05. The van der Waals surface area contributed by atoms with Gasteiger partial charge >= 0.3 is 0 Å². The van der Waals surface area contributed by atoms with E-state index in [0.29, 0.717) is 5.82 Å². The Hall–Kier alpha value is -3.80. The Morgan fingerprint density at radius 3 is 2.42 bits per heavy atom. The van der Waals surface area contributed by atoms with E-state index in [1.165, 1.54) is 4.68 Å². The maximum atomic E-state index is 14.0. The topological polar surface area (TPSA) is 46.9 Å². The Morgan fingerprint density at radius 1 is 0.968 bits per heavy atom. The Morgan fingerprint density at radius 2 is 1.68 bits per heavy atom. The molecule has 0 radical (unpaired) electrons. The van der Waals surface area contributed by atoms with Gasteiger partial charge in [-0.15, -0.1) is 0 Å². The van der Waals surface area contributed by atoms with Gasteiger partial charge in [-0.3, -0.25) is 4.79 Å². The largest absolute Gasteiger partial charge is 0.310 e. The SMILES string of the molecule is Cc1cnn(Cc2cc(F)ccc2F)c1NC(=O)Cc1ccc(-c2ccccc2)cc1. The van der Waals surface area contributed by atoms with Crippen LogP contribution in [0.2, 0.25) is 0 Å². The average molecular weight is 417 g/mol. The van der Waals surface area contributed by atoms with Crippen molar-refractivity contribution in [1.29, 1.82) is 0 Å². The van der Waals surface area contributed by atoms with Gasteiger partial charge in [-0.25, -0.2) is 13.5 Å². The minimum absolute atomic E-state index is 0.0127. The normalized spacial score (nSPS) is 10.8. The number of anilines is 1. The number of nitrogens with zero attached hydrogens (tertiary/aromatic N) is 2. The van der Waals surface area contributed by atoms with E-state index < -0.39 is 11.6 Å². The van der Waals surface area contributed by atoms with Crippen LogP contribution in [-0.2, 0) is 17.8 Å². The summed E-state index contributed by atoms with van der Waals surface area (Å²) < 4.78 is 28.9. The monoisotopic (exact) mass is 417 g/mol. The number of benzene rings is 3. The van der Waals surface area contributed by atoms with Gasteiger partial charge in [-0.1, -0.05) is 54.6 Å². The van der Waals surface area contributed by atoms with Gasteiger partial charge in [0, 0.05) is 11.1 Å². The summed E-state index contributed by atoms with van der Waals surface area (Å²) in [6.07, 6.45) is 1.77. The number of carbonyl (C=O) groups is 1. The highest BCUT2D eigenvalue weighted by Gasteiger charge is 2.14. The third kappa shape index (κ3) is 4.86. The zero-order chi connectivity index (χ0) is 21.8. The number of nitrogens with one attached hydrogen (secondary N) is 1. The van der Waals surface area contributed by atoms with Gasteiger partial charge in [-0.05, 0) is 41.8 Å². The van der Waals surface area contributed by atoms with Gasteiger partial charge < -0.3 is 5.32 Å². The van der Waals surface area contributed by atoms with E-state index in [9.17, 15) is 13.6 Å². The maximum absolute atomic E-state index is 14.0. The average Bonchev–Trinajstić information content (AvgIpc) is 3.11. The maximum Gasteiger partial charge on any atom is 0.229 e. The van der Waals surface area contributed by atoms with Crippen molar-refractivity contribution in [2.24, 2.45) is 0 Å². The van der Waals surface area contributed by atoms with E-state index in [2.05, 4.69) is 10.4 Å². The Labute approximate surface area is 179 Å². The van der Waals surface area contributed by atoms with E-state index in [1.54, 1.807) is 13.1 Å². The molecule has 1 amide bonds. The summed E-state index contributed by atoms with van der Waals surface area (Å²) in [5.74, 6) is -0.790. The molecule has 31 heavy (non-hydrogen) atoms. The molecule has 0 unspecified atom stereocenters. The number of aromatic nitrogens is 2. The summed E-state index contributed by atoms with van der Waals surface area (Å²) in [6.45, 7) is 1.81. The molecule has 0 aliphatic carbocycles. The van der Waals surface area contributed by atoms with Gasteiger partial charge in [0.2, 0.25) is 5.91 Å². The van der Waals surface area contributed by atoms with E-state index in [1.807, 2.05) is 54.6 Å². The molecule has 1 heterocycles. The summed E-state index contributed by atoms with van der Waals surface area (Å²) in [4.78, 5) is 12.6. The lowest BCUT2D eigenvalue weighted by Crippen LogP contribution is -2.19. The molecule has 4 rings (SSSR count). The van der Waals surface area contributed by atoms with Crippen LogP contribution in [0, 0.1) is 18.6 Å². The third-order valence-electron chi connectivity index (χ3n) is 5.03. The highest BCUT2D eigenvalue weighted by atomic mass is 19.1. The molecule has 1 N–H and O–H groups in total. The Kier molecular flexibility index (Phi) is 5.89. The van der Waals surface area contributed by atoms with Crippen LogP contribution in [0.3, 0.4) is 0 Å². The second kappa shape index (κ2) is 8.92. The van der Waals surface area contributed by atoms with Gasteiger partial charge in [-0.2, -0.15) is 5.10 Å². The number of aryl methyl sites for hydroxylation is 1. The summed E-state index contributed by atoms with van der Waals surface area (Å²) in [7, 11) is 0. The number of carbonyl (C=O) groups excluding carboxylic acids is 1. The molecule has 0 atom stereocenters. The lowest BCUT2D eigenvalue weighted by molar-refractivity contribution is -0.115. The van der Waals surface area contributed by atoms with Crippen LogP contribution >= 0.6 is 0 Å². The third-order valence-corrected chi connectivity index (χ3v) is 5.03. The molecular formula is C25H21F2N3O. The molecule has 0 aliphatic heterocycles. The minimum Gasteiger partial charge on any atom is -0.310 e. The first kappa shape index (κ1) is 20.5. The Bertz CT molecular complexity index is 1200. The zero-order valence-corrected chi connectivity index (χ0v) is 17.0. The van der Waals surface area contributed by atoms with Crippen LogP contribution in [0.15, 0.2) is 79.0 Å². The molecule has 156 valence electrons. The summed E-state index contributed by atoms with van der Waals surface area (Å²) in [5.41, 5.74) is 3.97. The van der Waals surface area contributed by atoms with E-state index >= 15 is 0 Å². The zero-order valence-electron chi connectivity index (χ0n) is 17.0. The van der Waals surface area contributed by atoms with Crippen LogP contribution in [0.25, 0.3) is 11.1 Å². The molecule has 0 spiro atoms. The highest BCUT2D eigenvalue weighted by Crippen LogP contribution is 2.21. The first-order valence-corrected chi connectivity index (χ1v) is 9.90. The fraction of sp³-hybridized carbons (Fsp3) is 0.120. The summed E-state index contributed by atoms with van der Waals surface area (Å²) >= 11 is 0. The second-order valence-corrected chi connectivity index (χ2v) is 7.36. The molecule has 3 aromatic carbocycles. The van der Waals surface area contributed by atoms with E-state index in [0.717, 1.165) is 40.5 Å². The van der Waals surface area contributed by atoms with Crippen molar-refractivity contribution in [1.82, 2.24) is 9.78 Å². The fourth-order valence-electron chi connectivity index (χ4n) is 3.39. The van der Waals surface area contributed by atoms with Gasteiger partial charge in [0.25, 0.3) is 0 Å². The molecule has 0 saturated carbocycles. The van der Waals surface area contributed by atoms with Crippen molar-refractivity contribution in [3.63, 3.8) is 0 Å². The van der Waals surface area contributed by atoms with E-state index in [-0.39, 0.29) is 24.4 Å².